The summed E-state index contributed by atoms with van der Waals surface area (Å²) >= 11 is 0. The number of phenols is 1. The molecule has 44 heavy (non-hydrogen) atoms. The van der Waals surface area contributed by atoms with Crippen molar-refractivity contribution in [1.29, 1.82) is 0 Å². The Morgan fingerprint density at radius 1 is 1.05 bits per heavy atom. The molecule has 3 aliphatic rings. The molecule has 0 aliphatic heterocycles. The van der Waals surface area contributed by atoms with Crippen molar-refractivity contribution in [2.24, 2.45) is 17.6 Å². The number of amides is 3. The molecule has 0 radical (unpaired) electrons. The molecule has 13 heteroatoms. The molecule has 1 saturated carbocycles. The quantitative estimate of drug-likeness (QED) is 0.107. The van der Waals surface area contributed by atoms with Gasteiger partial charge < -0.3 is 42.5 Å². The fraction of sp³-hybridized carbons (Fsp3) is 0.323. The molecule has 0 heterocycles. The zero-order valence-electron chi connectivity index (χ0n) is 24.4. The van der Waals surface area contributed by atoms with Crippen LogP contribution in [0.25, 0.3) is 5.76 Å². The number of aromatic hydroxyl groups is 1. The van der Waals surface area contributed by atoms with Gasteiger partial charge in [-0.05, 0) is 61.6 Å². The van der Waals surface area contributed by atoms with Gasteiger partial charge in [0.15, 0.2) is 17.2 Å². The summed E-state index contributed by atoms with van der Waals surface area (Å²) in [5.41, 5.74) is 8.96. The molecule has 3 aliphatic carbocycles. The van der Waals surface area contributed by atoms with Crippen LogP contribution in [0.3, 0.4) is 0 Å². The van der Waals surface area contributed by atoms with Crippen LogP contribution in [0.2, 0.25) is 0 Å². The molecule has 0 aromatic heterocycles. The van der Waals surface area contributed by atoms with Gasteiger partial charge in [-0.3, -0.25) is 19.2 Å². The number of aliphatic hydroxyl groups excluding tert-OH is 2. The molecule has 232 valence electrons. The minimum Gasteiger partial charge on any atom is -0.508 e. The number of nitrogen functional groups attached to an aromatic ring is 1. The maximum atomic E-state index is 13.6. The molecule has 1 fully saturated rings. The Hall–Kier alpha value is -5.17. The summed E-state index contributed by atoms with van der Waals surface area (Å²) in [6.45, 7) is 5.18. The van der Waals surface area contributed by atoms with Gasteiger partial charge in [-0.2, -0.15) is 0 Å². The number of fused-ring (bicyclic) bond motifs is 3. The number of urea groups is 1. The summed E-state index contributed by atoms with van der Waals surface area (Å²) in [6.07, 6.45) is -0.367. The second kappa shape index (κ2) is 11.8. The Kier molecular flexibility index (Phi) is 8.55. The maximum Gasteiger partial charge on any atom is 0.319 e. The normalized spacial score (nSPS) is 22.2. The summed E-state index contributed by atoms with van der Waals surface area (Å²) in [5, 5.41) is 49.5. The van der Waals surface area contributed by atoms with E-state index < -0.39 is 70.2 Å². The molecule has 0 saturated heterocycles. The van der Waals surface area contributed by atoms with E-state index in [0.29, 0.717) is 16.8 Å². The van der Waals surface area contributed by atoms with E-state index in [-0.39, 0.29) is 47.6 Å². The van der Waals surface area contributed by atoms with Crippen LogP contribution in [-0.4, -0.2) is 55.3 Å². The number of benzene rings is 2. The van der Waals surface area contributed by atoms with Gasteiger partial charge in [0, 0.05) is 47.0 Å². The Labute approximate surface area is 252 Å². The van der Waals surface area contributed by atoms with Gasteiger partial charge in [0.05, 0.1) is 5.56 Å². The fourth-order valence-corrected chi connectivity index (χ4v) is 6.05. The molecule has 3 amide bonds. The van der Waals surface area contributed by atoms with Gasteiger partial charge in [0.1, 0.15) is 22.8 Å². The molecule has 10 N–H and O–H groups in total. The Morgan fingerprint density at radius 2 is 1.68 bits per heavy atom. The highest BCUT2D eigenvalue weighted by atomic mass is 16.3. The number of phenolic OH excluding ortho intramolecular Hbond substituents is 1. The van der Waals surface area contributed by atoms with Crippen molar-refractivity contribution in [3.8, 4) is 5.75 Å². The van der Waals surface area contributed by atoms with Crippen LogP contribution >= 0.6 is 0 Å². The van der Waals surface area contributed by atoms with E-state index in [2.05, 4.69) is 10.6 Å². The molecule has 2 aromatic rings. The maximum absolute atomic E-state index is 13.6. The number of ketones is 3. The van der Waals surface area contributed by atoms with Crippen LogP contribution in [0.15, 0.2) is 47.2 Å². The number of nitrogens with one attached hydrogen (secondary N) is 2. The first-order valence-electron chi connectivity index (χ1n) is 14.0. The first-order valence-corrected chi connectivity index (χ1v) is 14.0. The molecular weight excluding hydrogens is 572 g/mol. The highest BCUT2D eigenvalue weighted by Crippen LogP contribution is 2.53. The van der Waals surface area contributed by atoms with Gasteiger partial charge in [-0.25, -0.2) is 4.79 Å². The Balaban J connectivity index is 0.00000216. The lowest BCUT2D eigenvalue weighted by Gasteiger charge is -2.46. The van der Waals surface area contributed by atoms with E-state index in [1.165, 1.54) is 13.0 Å². The molecule has 2 aromatic carbocycles. The van der Waals surface area contributed by atoms with Gasteiger partial charge in [0.25, 0.3) is 5.91 Å². The van der Waals surface area contributed by atoms with Crippen molar-refractivity contribution in [3.05, 3.63) is 69.5 Å². The minimum atomic E-state index is -2.67. The molecule has 5 rings (SSSR count). The first kappa shape index (κ1) is 31.8. The van der Waals surface area contributed by atoms with E-state index in [1.54, 1.807) is 24.3 Å². The van der Waals surface area contributed by atoms with Gasteiger partial charge in [-0.1, -0.05) is 13.8 Å². The van der Waals surface area contributed by atoms with Crippen molar-refractivity contribution in [2.45, 2.75) is 52.2 Å². The predicted molar refractivity (Wildman–Crippen MR) is 159 cm³/mol. The van der Waals surface area contributed by atoms with Crippen molar-refractivity contribution >= 4 is 46.4 Å². The number of carbonyl (C=O) groups is 5. The van der Waals surface area contributed by atoms with E-state index in [0.717, 1.165) is 0 Å². The van der Waals surface area contributed by atoms with Crippen molar-refractivity contribution < 1.29 is 44.4 Å². The Morgan fingerprint density at radius 3 is 2.27 bits per heavy atom. The number of anilines is 2. The van der Waals surface area contributed by atoms with Gasteiger partial charge in [0.2, 0.25) is 5.78 Å². The largest absolute Gasteiger partial charge is 0.508 e. The zero-order valence-corrected chi connectivity index (χ0v) is 24.4. The number of rotatable bonds is 5. The SMILES string of the molecule is CC.CC(=O)c1ccc(NC(=O)NCc2cc(N)c3c(c2O)C(O)=C2C(=O)[C@]4(O)C(O)=C(C(N)=O)C(=O)C[C@@H]4CC2C3)cc1. The summed E-state index contributed by atoms with van der Waals surface area (Å²) in [5.74, 6) is -7.44. The van der Waals surface area contributed by atoms with Crippen molar-refractivity contribution in [1.82, 2.24) is 5.32 Å². The second-order valence-corrected chi connectivity index (χ2v) is 10.7. The monoisotopic (exact) mass is 606 g/mol. The summed E-state index contributed by atoms with van der Waals surface area (Å²) in [6, 6.07) is 6.99. The fourth-order valence-electron chi connectivity index (χ4n) is 6.05. The number of carbonyl (C=O) groups excluding carboxylic acids is 5. The molecule has 0 spiro atoms. The Bertz CT molecular complexity index is 1660. The molecule has 1 unspecified atom stereocenters. The lowest BCUT2D eigenvalue weighted by atomic mass is 9.59. The molecule has 0 bridgehead atoms. The number of hydrogen-bond donors (Lipinski definition) is 8. The number of Topliss-reactive ketones (excluding diaryl/α,β-unsaturated/α-hetero) is 3. The number of hydrogen-bond acceptors (Lipinski definition) is 10. The lowest BCUT2D eigenvalue weighted by molar-refractivity contribution is -0.147. The average Bonchev–Trinajstić information content (AvgIpc) is 2.97. The van der Waals surface area contributed by atoms with Crippen LogP contribution < -0.4 is 22.1 Å². The summed E-state index contributed by atoms with van der Waals surface area (Å²) in [7, 11) is 0. The number of nitrogens with two attached hydrogens (primary N) is 2. The second-order valence-electron chi connectivity index (χ2n) is 10.7. The van der Waals surface area contributed by atoms with Crippen molar-refractivity contribution in [2.75, 3.05) is 11.1 Å². The third kappa shape index (κ3) is 5.15. The average molecular weight is 607 g/mol. The van der Waals surface area contributed by atoms with E-state index in [9.17, 15) is 44.4 Å². The van der Waals surface area contributed by atoms with E-state index in [1.807, 2.05) is 13.8 Å². The summed E-state index contributed by atoms with van der Waals surface area (Å²) < 4.78 is 0. The highest BCUT2D eigenvalue weighted by Gasteiger charge is 2.60. The number of aliphatic hydroxyl groups is 3. The third-order valence-corrected chi connectivity index (χ3v) is 8.17. The van der Waals surface area contributed by atoms with Crippen LogP contribution in [0.1, 0.15) is 60.7 Å². The van der Waals surface area contributed by atoms with Gasteiger partial charge in [-0.15, -0.1) is 0 Å². The topological polar surface area (TPSA) is 242 Å². The highest BCUT2D eigenvalue weighted by molar-refractivity contribution is 6.22. The van der Waals surface area contributed by atoms with E-state index in [4.69, 9.17) is 11.5 Å². The predicted octanol–water partition coefficient (Wildman–Crippen LogP) is 2.56. The van der Waals surface area contributed by atoms with E-state index >= 15 is 0 Å². The lowest BCUT2D eigenvalue weighted by Crippen LogP contribution is -2.58. The standard InChI is InChI=1S/C29H28N4O9.C2H6/c1-11(34)12-2-4-16(5-3-12)33-28(41)32-10-14-8-18(30)17-7-13-6-15-9-19(35)22(27(31)40)26(39)29(15,42)25(38)20(13)24(37)21(17)23(14)36;1-2/h2-5,8,13,15,36-37,39,42H,6-7,9-10,30H2,1H3,(H2,31,40)(H2,32,33,41);1-2H3/t13?,15-,29-;/m0./s1. The minimum absolute atomic E-state index is 0.0139. The smallest absolute Gasteiger partial charge is 0.319 e. The van der Waals surface area contributed by atoms with Crippen LogP contribution in [0.5, 0.6) is 5.75 Å². The van der Waals surface area contributed by atoms with Gasteiger partial charge >= 0.3 is 6.03 Å². The van der Waals surface area contributed by atoms with Crippen LogP contribution in [0.4, 0.5) is 16.2 Å². The zero-order chi connectivity index (χ0) is 32.7. The molecule has 13 nitrogen and oxygen atoms in total. The third-order valence-electron chi connectivity index (χ3n) is 8.17. The van der Waals surface area contributed by atoms with Crippen LogP contribution in [0, 0.1) is 11.8 Å². The summed E-state index contributed by atoms with van der Waals surface area (Å²) in [4.78, 5) is 61.8. The van der Waals surface area contributed by atoms with Crippen LogP contribution in [-0.2, 0) is 27.3 Å². The molecule has 3 atom stereocenters. The van der Waals surface area contributed by atoms with Crippen molar-refractivity contribution in [3.63, 3.8) is 0 Å². The first-order chi connectivity index (χ1) is 20.7. The number of primary amides is 1. The molecular formula is C31H34N4O9.